The van der Waals surface area contributed by atoms with Gasteiger partial charge in [0, 0.05) is 0 Å². The molecule has 0 spiro atoms. The highest BCUT2D eigenvalue weighted by Gasteiger charge is 2.49. The molecule has 1 aliphatic heterocycles. The van der Waals surface area contributed by atoms with E-state index in [1.807, 2.05) is 12.1 Å². The normalized spacial score (nSPS) is 21.7. The standard InChI is InChI=1S/C20H20FNO5/c21-16-11-22(20(25)27-13-15-9-5-2-6-10-15)17(18(16)23)19(24)26-12-14-7-3-1-4-8-14/h1-10,16-18,23H,11-13H2/t16-,17+,18+/m0/s1. The summed E-state index contributed by atoms with van der Waals surface area (Å²) in [6, 6.07) is 16.5. The molecule has 1 amide bonds. The van der Waals surface area contributed by atoms with Gasteiger partial charge in [-0.2, -0.15) is 0 Å². The Bertz CT molecular complexity index is 770. The minimum absolute atomic E-state index is 0.0188. The lowest BCUT2D eigenvalue weighted by Crippen LogP contribution is -2.46. The highest BCUT2D eigenvalue weighted by Crippen LogP contribution is 2.24. The molecule has 0 radical (unpaired) electrons. The molecule has 7 heteroatoms. The summed E-state index contributed by atoms with van der Waals surface area (Å²) in [7, 11) is 0. The Hall–Kier alpha value is -2.93. The first kappa shape index (κ1) is 18.8. The third kappa shape index (κ3) is 4.62. The molecule has 1 aliphatic rings. The minimum atomic E-state index is -1.75. The van der Waals surface area contributed by atoms with Gasteiger partial charge in [0.05, 0.1) is 6.54 Å². The molecular weight excluding hydrogens is 353 g/mol. The third-order valence-corrected chi connectivity index (χ3v) is 4.31. The van der Waals surface area contributed by atoms with E-state index in [1.165, 1.54) is 0 Å². The van der Waals surface area contributed by atoms with Crippen LogP contribution in [-0.4, -0.2) is 46.9 Å². The van der Waals surface area contributed by atoms with E-state index in [1.54, 1.807) is 48.5 Å². The molecule has 27 heavy (non-hydrogen) atoms. The van der Waals surface area contributed by atoms with Crippen LogP contribution in [0.1, 0.15) is 11.1 Å². The number of ether oxygens (including phenoxy) is 2. The summed E-state index contributed by atoms with van der Waals surface area (Å²) in [4.78, 5) is 25.6. The average Bonchev–Trinajstić information content (AvgIpc) is 3.00. The van der Waals surface area contributed by atoms with Gasteiger partial charge < -0.3 is 14.6 Å². The molecule has 2 aromatic carbocycles. The van der Waals surface area contributed by atoms with Crippen LogP contribution in [0.2, 0.25) is 0 Å². The fraction of sp³-hybridized carbons (Fsp3) is 0.300. The number of esters is 1. The number of carbonyl (C=O) groups is 2. The van der Waals surface area contributed by atoms with E-state index in [0.717, 1.165) is 16.0 Å². The van der Waals surface area contributed by atoms with Crippen molar-refractivity contribution in [3.05, 3.63) is 71.8 Å². The lowest BCUT2D eigenvalue weighted by molar-refractivity contribution is -0.153. The summed E-state index contributed by atoms with van der Waals surface area (Å²) in [5.74, 6) is -0.872. The number of alkyl halides is 1. The van der Waals surface area contributed by atoms with Crippen molar-refractivity contribution in [2.75, 3.05) is 6.54 Å². The maximum atomic E-state index is 14.0. The lowest BCUT2D eigenvalue weighted by Gasteiger charge is -2.23. The second-order valence-electron chi connectivity index (χ2n) is 6.24. The predicted molar refractivity (Wildman–Crippen MR) is 94.3 cm³/mol. The summed E-state index contributed by atoms with van der Waals surface area (Å²) in [5.41, 5.74) is 1.50. The van der Waals surface area contributed by atoms with Crippen LogP contribution < -0.4 is 0 Å². The molecule has 142 valence electrons. The molecule has 1 saturated heterocycles. The number of hydrogen-bond acceptors (Lipinski definition) is 5. The zero-order chi connectivity index (χ0) is 19.2. The van der Waals surface area contributed by atoms with Gasteiger partial charge >= 0.3 is 12.1 Å². The zero-order valence-electron chi connectivity index (χ0n) is 14.5. The second kappa shape index (κ2) is 8.64. The molecule has 1 N–H and O–H groups in total. The van der Waals surface area contributed by atoms with E-state index in [2.05, 4.69) is 0 Å². The molecule has 0 unspecified atom stereocenters. The van der Waals surface area contributed by atoms with Crippen LogP contribution in [0.4, 0.5) is 9.18 Å². The van der Waals surface area contributed by atoms with Crippen LogP contribution in [0.15, 0.2) is 60.7 Å². The van der Waals surface area contributed by atoms with Crippen LogP contribution in [0, 0.1) is 0 Å². The SMILES string of the molecule is O=C(OCc1ccccc1)[C@H]1[C@H](O)[C@@H](F)CN1C(=O)OCc1ccccc1. The first-order valence-electron chi connectivity index (χ1n) is 8.56. The van der Waals surface area contributed by atoms with E-state index in [-0.39, 0.29) is 13.2 Å². The smallest absolute Gasteiger partial charge is 0.411 e. The zero-order valence-corrected chi connectivity index (χ0v) is 14.5. The third-order valence-electron chi connectivity index (χ3n) is 4.31. The number of aliphatic hydroxyl groups is 1. The van der Waals surface area contributed by atoms with E-state index in [4.69, 9.17) is 9.47 Å². The summed E-state index contributed by atoms with van der Waals surface area (Å²) in [6.45, 7) is -0.484. The van der Waals surface area contributed by atoms with Crippen LogP contribution in [-0.2, 0) is 27.5 Å². The van der Waals surface area contributed by atoms with Gasteiger partial charge in [-0.3, -0.25) is 4.90 Å². The average molecular weight is 373 g/mol. The second-order valence-corrected chi connectivity index (χ2v) is 6.24. The summed E-state index contributed by atoms with van der Waals surface area (Å²) >= 11 is 0. The van der Waals surface area contributed by atoms with Gasteiger partial charge in [-0.25, -0.2) is 14.0 Å². The number of benzene rings is 2. The largest absolute Gasteiger partial charge is 0.459 e. The molecule has 1 fully saturated rings. The maximum Gasteiger partial charge on any atom is 0.411 e. The number of carbonyl (C=O) groups excluding carboxylic acids is 2. The van der Waals surface area contributed by atoms with Crippen LogP contribution in [0.25, 0.3) is 0 Å². The van der Waals surface area contributed by atoms with Crippen molar-refractivity contribution >= 4 is 12.1 Å². The van der Waals surface area contributed by atoms with Crippen molar-refractivity contribution in [3.63, 3.8) is 0 Å². The van der Waals surface area contributed by atoms with Gasteiger partial charge in [0.2, 0.25) is 0 Å². The highest BCUT2D eigenvalue weighted by molar-refractivity contribution is 5.83. The van der Waals surface area contributed by atoms with Crippen LogP contribution in [0.3, 0.4) is 0 Å². The van der Waals surface area contributed by atoms with Gasteiger partial charge in [-0.1, -0.05) is 60.7 Å². The Morgan fingerprint density at radius 1 is 0.963 bits per heavy atom. The van der Waals surface area contributed by atoms with Gasteiger partial charge in [-0.15, -0.1) is 0 Å². The first-order chi connectivity index (χ1) is 13.1. The Morgan fingerprint density at radius 2 is 1.48 bits per heavy atom. The number of amides is 1. The molecule has 6 nitrogen and oxygen atoms in total. The van der Waals surface area contributed by atoms with Crippen molar-refractivity contribution < 1.29 is 28.6 Å². The first-order valence-corrected chi connectivity index (χ1v) is 8.56. The Morgan fingerprint density at radius 3 is 2.04 bits per heavy atom. The van der Waals surface area contributed by atoms with E-state index in [9.17, 15) is 19.1 Å². The Kier molecular flexibility index (Phi) is 6.03. The van der Waals surface area contributed by atoms with Gasteiger partial charge in [0.25, 0.3) is 0 Å². The van der Waals surface area contributed by atoms with Crippen molar-refractivity contribution in [2.24, 2.45) is 0 Å². The molecular formula is C20H20FNO5. The number of likely N-dealkylation sites (tertiary alicyclic amines) is 1. The van der Waals surface area contributed by atoms with Crippen LogP contribution in [0.5, 0.6) is 0 Å². The molecule has 0 saturated carbocycles. The molecule has 2 aromatic rings. The number of rotatable bonds is 5. The van der Waals surface area contributed by atoms with E-state index < -0.39 is 36.9 Å². The minimum Gasteiger partial charge on any atom is -0.459 e. The fourth-order valence-electron chi connectivity index (χ4n) is 2.86. The number of halogens is 1. The quantitative estimate of drug-likeness (QED) is 0.815. The van der Waals surface area contributed by atoms with Gasteiger partial charge in [0.15, 0.2) is 6.04 Å². The summed E-state index contributed by atoms with van der Waals surface area (Å²) in [5, 5.41) is 10.0. The maximum absolute atomic E-state index is 14.0. The monoisotopic (exact) mass is 373 g/mol. The number of nitrogens with zero attached hydrogens (tertiary/aromatic N) is 1. The molecule has 1 heterocycles. The van der Waals surface area contributed by atoms with E-state index >= 15 is 0 Å². The molecule has 3 atom stereocenters. The fourth-order valence-corrected chi connectivity index (χ4v) is 2.86. The van der Waals surface area contributed by atoms with Crippen molar-refractivity contribution in [1.29, 1.82) is 0 Å². The predicted octanol–water partition coefficient (Wildman–Crippen LogP) is 2.45. The molecule has 0 aromatic heterocycles. The highest BCUT2D eigenvalue weighted by atomic mass is 19.1. The summed E-state index contributed by atoms with van der Waals surface area (Å²) in [6.07, 6.45) is -4.28. The number of hydrogen-bond donors (Lipinski definition) is 1. The van der Waals surface area contributed by atoms with Crippen molar-refractivity contribution in [2.45, 2.75) is 31.5 Å². The topological polar surface area (TPSA) is 76.1 Å². The van der Waals surface area contributed by atoms with Crippen LogP contribution >= 0.6 is 0 Å². The lowest BCUT2D eigenvalue weighted by atomic mass is 10.1. The van der Waals surface area contributed by atoms with Crippen molar-refractivity contribution in [3.8, 4) is 0 Å². The van der Waals surface area contributed by atoms with Gasteiger partial charge in [0.1, 0.15) is 25.5 Å². The summed E-state index contributed by atoms with van der Waals surface area (Å²) < 4.78 is 24.3. The van der Waals surface area contributed by atoms with E-state index in [0.29, 0.717) is 0 Å². The Balaban J connectivity index is 1.62. The molecule has 3 rings (SSSR count). The van der Waals surface area contributed by atoms with Crippen molar-refractivity contribution in [1.82, 2.24) is 4.90 Å². The molecule has 0 aliphatic carbocycles. The Labute approximate surface area is 156 Å². The van der Waals surface area contributed by atoms with Gasteiger partial charge in [-0.05, 0) is 11.1 Å². The number of aliphatic hydroxyl groups excluding tert-OH is 1. The molecule has 0 bridgehead atoms.